The molecule has 0 unspecified atom stereocenters. The summed E-state index contributed by atoms with van der Waals surface area (Å²) in [5.74, 6) is 0.284. The highest BCUT2D eigenvalue weighted by Gasteiger charge is 2.01. The number of rotatable bonds is 3. The van der Waals surface area contributed by atoms with Crippen molar-refractivity contribution >= 4 is 32.4 Å². The van der Waals surface area contributed by atoms with Gasteiger partial charge in [-0.15, -0.1) is 11.3 Å². The molecule has 5 heteroatoms. The molecule has 0 fully saturated rings. The molecule has 0 amide bonds. The quantitative estimate of drug-likeness (QED) is 0.375. The highest BCUT2D eigenvalue weighted by Crippen LogP contribution is 2.27. The summed E-state index contributed by atoms with van der Waals surface area (Å²) in [7, 11) is 0. The highest BCUT2D eigenvalue weighted by atomic mass is 79.9. The summed E-state index contributed by atoms with van der Waals surface area (Å²) in [5, 5.41) is 11.6. The molecule has 0 aliphatic carbocycles. The molecule has 0 saturated heterocycles. The van der Waals surface area contributed by atoms with Crippen LogP contribution in [0.25, 0.3) is 11.1 Å². The summed E-state index contributed by atoms with van der Waals surface area (Å²) in [5.41, 5.74) is 11.4. The van der Waals surface area contributed by atoms with Gasteiger partial charge in [0, 0.05) is 16.3 Å². The number of phenolic OH excluding ortho intramolecular Hbond substituents is 1. The van der Waals surface area contributed by atoms with Crippen molar-refractivity contribution in [2.24, 2.45) is 0 Å². The van der Waals surface area contributed by atoms with E-state index in [1.165, 1.54) is 28.0 Å². The number of hydrogen-bond acceptors (Lipinski definition) is 4. The highest BCUT2D eigenvalue weighted by molar-refractivity contribution is 9.10. The van der Waals surface area contributed by atoms with E-state index >= 15 is 0 Å². The predicted molar refractivity (Wildman–Crippen MR) is 122 cm³/mol. The molecule has 3 N–H and O–H groups in total. The minimum absolute atomic E-state index is 0.284. The van der Waals surface area contributed by atoms with E-state index in [9.17, 15) is 0 Å². The van der Waals surface area contributed by atoms with Crippen LogP contribution in [0.1, 0.15) is 16.8 Å². The minimum atomic E-state index is 0.284. The number of aryl methyl sites for hydroxylation is 1. The van der Waals surface area contributed by atoms with Gasteiger partial charge >= 0.3 is 0 Å². The average molecular weight is 453 g/mol. The molecule has 28 heavy (non-hydrogen) atoms. The molecule has 4 aromatic rings. The van der Waals surface area contributed by atoms with E-state index in [4.69, 9.17) is 10.8 Å². The van der Waals surface area contributed by atoms with E-state index in [-0.39, 0.29) is 5.75 Å². The number of benzene rings is 3. The monoisotopic (exact) mass is 452 g/mol. The summed E-state index contributed by atoms with van der Waals surface area (Å²) in [6, 6.07) is 23.9. The van der Waals surface area contributed by atoms with Gasteiger partial charge in [0.05, 0.1) is 5.69 Å². The third-order valence-corrected chi connectivity index (χ3v) is 5.54. The van der Waals surface area contributed by atoms with E-state index in [1.54, 1.807) is 12.1 Å². The number of nitrogens with two attached hydrogens (primary N) is 1. The van der Waals surface area contributed by atoms with E-state index in [0.29, 0.717) is 5.13 Å². The standard InChI is InChI=1S/C13H11Br.C10H10N2OS/c1-10-6-8-11(9-7-10)12-4-2-3-5-13(12)14;11-10-12-8(6-14-10)5-7-1-3-9(13)4-2-7/h2-9H,1H3;1-4,6,13H,5H2,(H2,11,12). The maximum atomic E-state index is 9.09. The lowest BCUT2D eigenvalue weighted by molar-refractivity contribution is 0.475. The summed E-state index contributed by atoms with van der Waals surface area (Å²) in [6.45, 7) is 2.10. The number of anilines is 1. The number of aromatic hydroxyl groups is 1. The van der Waals surface area contributed by atoms with Gasteiger partial charge in [0.2, 0.25) is 0 Å². The second-order valence-electron chi connectivity index (χ2n) is 6.37. The summed E-state index contributed by atoms with van der Waals surface area (Å²) in [6.07, 6.45) is 0.758. The first-order valence-corrected chi connectivity index (χ1v) is 10.5. The first-order chi connectivity index (χ1) is 13.5. The van der Waals surface area contributed by atoms with Crippen LogP contribution in [0.4, 0.5) is 5.13 Å². The second kappa shape index (κ2) is 9.53. The molecule has 0 bridgehead atoms. The molecule has 0 radical (unpaired) electrons. The van der Waals surface area contributed by atoms with E-state index in [0.717, 1.165) is 22.2 Å². The van der Waals surface area contributed by atoms with Crippen LogP contribution in [0.3, 0.4) is 0 Å². The zero-order chi connectivity index (χ0) is 19.9. The normalized spacial score (nSPS) is 10.2. The van der Waals surface area contributed by atoms with Gasteiger partial charge < -0.3 is 10.8 Å². The third-order valence-electron chi connectivity index (χ3n) is 4.13. The van der Waals surface area contributed by atoms with Gasteiger partial charge in [-0.05, 0) is 41.8 Å². The van der Waals surface area contributed by atoms with Crippen molar-refractivity contribution < 1.29 is 5.11 Å². The molecule has 0 aliphatic rings. The summed E-state index contributed by atoms with van der Waals surface area (Å²) >= 11 is 5.00. The molecule has 3 aromatic carbocycles. The Balaban J connectivity index is 0.000000161. The Bertz CT molecular complexity index is 1030. The van der Waals surface area contributed by atoms with Crippen molar-refractivity contribution in [3.8, 4) is 16.9 Å². The molecule has 1 heterocycles. The number of aromatic nitrogens is 1. The van der Waals surface area contributed by atoms with Gasteiger partial charge in [-0.3, -0.25) is 0 Å². The van der Waals surface area contributed by atoms with Crippen LogP contribution in [0, 0.1) is 6.92 Å². The Hall–Kier alpha value is -2.63. The van der Waals surface area contributed by atoms with Gasteiger partial charge in [0.25, 0.3) is 0 Å². The molecule has 142 valence electrons. The maximum absolute atomic E-state index is 9.09. The molecule has 0 aliphatic heterocycles. The average Bonchev–Trinajstić information content (AvgIpc) is 3.10. The Labute approximate surface area is 177 Å². The lowest BCUT2D eigenvalue weighted by Crippen LogP contribution is -1.89. The topological polar surface area (TPSA) is 59.1 Å². The number of thiazole rings is 1. The number of nitrogen functional groups attached to an aromatic ring is 1. The van der Waals surface area contributed by atoms with Crippen LogP contribution in [0.15, 0.2) is 82.6 Å². The number of phenols is 1. The fourth-order valence-corrected chi connectivity index (χ4v) is 3.73. The van der Waals surface area contributed by atoms with Crippen molar-refractivity contribution in [2.45, 2.75) is 13.3 Å². The van der Waals surface area contributed by atoms with Crippen LogP contribution in [0.5, 0.6) is 5.75 Å². The SMILES string of the molecule is Cc1ccc(-c2ccccc2Br)cc1.Nc1nc(Cc2ccc(O)cc2)cs1. The summed E-state index contributed by atoms with van der Waals surface area (Å²) in [4.78, 5) is 4.16. The van der Waals surface area contributed by atoms with Crippen molar-refractivity contribution in [3.05, 3.63) is 99.5 Å². The minimum Gasteiger partial charge on any atom is -0.508 e. The summed E-state index contributed by atoms with van der Waals surface area (Å²) < 4.78 is 1.14. The maximum Gasteiger partial charge on any atom is 0.180 e. The van der Waals surface area contributed by atoms with Gasteiger partial charge in [0.1, 0.15) is 5.75 Å². The van der Waals surface area contributed by atoms with Gasteiger partial charge in [-0.25, -0.2) is 4.98 Å². The lowest BCUT2D eigenvalue weighted by Gasteiger charge is -2.04. The second-order valence-corrected chi connectivity index (χ2v) is 8.11. The van der Waals surface area contributed by atoms with Gasteiger partial charge in [0.15, 0.2) is 5.13 Å². The largest absolute Gasteiger partial charge is 0.508 e. The Kier molecular flexibility index (Phi) is 6.85. The van der Waals surface area contributed by atoms with Crippen LogP contribution in [0.2, 0.25) is 0 Å². The number of halogens is 1. The molecule has 3 nitrogen and oxygen atoms in total. The Morgan fingerprint density at radius 1 is 0.964 bits per heavy atom. The molecule has 0 saturated carbocycles. The molecular weight excluding hydrogens is 432 g/mol. The Morgan fingerprint density at radius 3 is 2.25 bits per heavy atom. The Morgan fingerprint density at radius 2 is 1.64 bits per heavy atom. The van der Waals surface area contributed by atoms with Crippen molar-refractivity contribution in [1.82, 2.24) is 4.98 Å². The number of nitrogens with zero attached hydrogens (tertiary/aromatic N) is 1. The fourth-order valence-electron chi connectivity index (χ4n) is 2.66. The zero-order valence-corrected chi connectivity index (χ0v) is 17.9. The zero-order valence-electron chi connectivity index (χ0n) is 15.5. The fraction of sp³-hybridized carbons (Fsp3) is 0.0870. The number of hydrogen-bond donors (Lipinski definition) is 2. The van der Waals surface area contributed by atoms with Gasteiger partial charge in [-0.1, -0.05) is 76.1 Å². The smallest absolute Gasteiger partial charge is 0.180 e. The van der Waals surface area contributed by atoms with Gasteiger partial charge in [-0.2, -0.15) is 0 Å². The van der Waals surface area contributed by atoms with Crippen molar-refractivity contribution in [1.29, 1.82) is 0 Å². The van der Waals surface area contributed by atoms with Crippen LogP contribution in [-0.2, 0) is 6.42 Å². The first-order valence-electron chi connectivity index (χ1n) is 8.80. The molecular formula is C23H21BrN2OS. The van der Waals surface area contributed by atoms with E-state index in [1.807, 2.05) is 23.6 Å². The van der Waals surface area contributed by atoms with Crippen LogP contribution >= 0.6 is 27.3 Å². The molecule has 1 aromatic heterocycles. The lowest BCUT2D eigenvalue weighted by atomic mass is 10.0. The van der Waals surface area contributed by atoms with Crippen LogP contribution < -0.4 is 5.73 Å². The first kappa shape index (κ1) is 20.1. The molecule has 4 rings (SSSR count). The van der Waals surface area contributed by atoms with Crippen molar-refractivity contribution in [3.63, 3.8) is 0 Å². The molecule has 0 atom stereocenters. The van der Waals surface area contributed by atoms with E-state index in [2.05, 4.69) is 70.3 Å². The third kappa shape index (κ3) is 5.68. The molecule has 0 spiro atoms. The predicted octanol–water partition coefficient (Wildman–Crippen LogP) is 6.45. The van der Waals surface area contributed by atoms with Crippen molar-refractivity contribution in [2.75, 3.05) is 5.73 Å². The van der Waals surface area contributed by atoms with Crippen LogP contribution in [-0.4, -0.2) is 10.1 Å². The van der Waals surface area contributed by atoms with E-state index < -0.39 is 0 Å².